The second kappa shape index (κ2) is 6.33. The predicted molar refractivity (Wildman–Crippen MR) is 72.2 cm³/mol. The van der Waals surface area contributed by atoms with Crippen LogP contribution in [0.15, 0.2) is 24.3 Å². The molecule has 0 saturated carbocycles. The third-order valence-corrected chi connectivity index (χ3v) is 3.33. The van der Waals surface area contributed by atoms with E-state index in [2.05, 4.69) is 10.6 Å². The van der Waals surface area contributed by atoms with E-state index in [1.807, 2.05) is 0 Å². The van der Waals surface area contributed by atoms with Gasteiger partial charge in [-0.05, 0) is 50.0 Å². The molecule has 19 heavy (non-hydrogen) atoms. The molecule has 0 spiro atoms. The molecule has 1 aromatic carbocycles. The Labute approximate surface area is 112 Å². The van der Waals surface area contributed by atoms with Gasteiger partial charge in [-0.1, -0.05) is 6.07 Å². The molecule has 0 aliphatic carbocycles. The maximum Gasteiger partial charge on any atom is 0.335 e. The molecule has 1 aliphatic heterocycles. The smallest absolute Gasteiger partial charge is 0.335 e. The zero-order valence-corrected chi connectivity index (χ0v) is 10.7. The van der Waals surface area contributed by atoms with Gasteiger partial charge in [0.1, 0.15) is 0 Å². The molecule has 5 nitrogen and oxygen atoms in total. The summed E-state index contributed by atoms with van der Waals surface area (Å²) in [5.74, 6) is -0.618. The largest absolute Gasteiger partial charge is 0.478 e. The number of rotatable bonds is 4. The number of piperidine rings is 1. The van der Waals surface area contributed by atoms with E-state index < -0.39 is 5.97 Å². The highest BCUT2D eigenvalue weighted by Gasteiger charge is 2.16. The van der Waals surface area contributed by atoms with Crippen LogP contribution in [0.2, 0.25) is 0 Å². The van der Waals surface area contributed by atoms with Gasteiger partial charge < -0.3 is 15.7 Å². The van der Waals surface area contributed by atoms with Crippen molar-refractivity contribution >= 4 is 17.6 Å². The number of carbonyl (C=O) groups excluding carboxylic acids is 1. The number of carboxylic acids is 1. The second-order valence-electron chi connectivity index (χ2n) is 4.83. The average Bonchev–Trinajstić information content (AvgIpc) is 2.40. The molecule has 2 rings (SSSR count). The van der Waals surface area contributed by atoms with Crippen LogP contribution in [-0.2, 0) is 4.79 Å². The van der Waals surface area contributed by atoms with Crippen LogP contribution in [0.25, 0.3) is 0 Å². The van der Waals surface area contributed by atoms with Crippen molar-refractivity contribution in [1.29, 1.82) is 0 Å². The summed E-state index contributed by atoms with van der Waals surface area (Å²) in [7, 11) is 0. The van der Waals surface area contributed by atoms with E-state index >= 15 is 0 Å². The molecule has 0 aromatic heterocycles. The van der Waals surface area contributed by atoms with Gasteiger partial charge >= 0.3 is 5.97 Å². The molecule has 3 N–H and O–H groups in total. The Hall–Kier alpha value is -1.88. The summed E-state index contributed by atoms with van der Waals surface area (Å²) in [6.45, 7) is 1.93. The lowest BCUT2D eigenvalue weighted by molar-refractivity contribution is -0.117. The first-order valence-electron chi connectivity index (χ1n) is 6.49. The Kier molecular flexibility index (Phi) is 4.52. The standard InChI is InChI=1S/C14H18N2O3/c17-13(8-10-4-6-15-7-5-10)16-12-3-1-2-11(9-12)14(18)19/h1-3,9-10,15H,4-8H2,(H,16,17)(H,18,19). The number of amides is 1. The van der Waals surface area contributed by atoms with E-state index in [4.69, 9.17) is 5.11 Å². The molecular formula is C14H18N2O3. The molecule has 1 aliphatic rings. The van der Waals surface area contributed by atoms with Crippen LogP contribution in [0, 0.1) is 5.92 Å². The Morgan fingerprint density at radius 2 is 2.05 bits per heavy atom. The van der Waals surface area contributed by atoms with Gasteiger partial charge in [0.15, 0.2) is 0 Å². The van der Waals surface area contributed by atoms with E-state index in [-0.39, 0.29) is 11.5 Å². The van der Waals surface area contributed by atoms with E-state index in [9.17, 15) is 9.59 Å². The lowest BCUT2D eigenvalue weighted by atomic mass is 9.94. The molecule has 1 saturated heterocycles. The summed E-state index contributed by atoms with van der Waals surface area (Å²) >= 11 is 0. The molecule has 0 unspecified atom stereocenters. The van der Waals surface area contributed by atoms with E-state index in [1.165, 1.54) is 12.1 Å². The minimum atomic E-state index is -0.991. The fraction of sp³-hybridized carbons (Fsp3) is 0.429. The maximum absolute atomic E-state index is 11.9. The number of aromatic carboxylic acids is 1. The third-order valence-electron chi connectivity index (χ3n) is 3.33. The van der Waals surface area contributed by atoms with Crippen molar-refractivity contribution in [3.63, 3.8) is 0 Å². The Morgan fingerprint density at radius 1 is 1.32 bits per heavy atom. The van der Waals surface area contributed by atoms with Crippen molar-refractivity contribution in [3.05, 3.63) is 29.8 Å². The van der Waals surface area contributed by atoms with Crippen molar-refractivity contribution in [2.45, 2.75) is 19.3 Å². The highest BCUT2D eigenvalue weighted by atomic mass is 16.4. The maximum atomic E-state index is 11.9. The number of carbonyl (C=O) groups is 2. The highest BCUT2D eigenvalue weighted by Crippen LogP contribution is 2.17. The number of anilines is 1. The Morgan fingerprint density at radius 3 is 2.74 bits per heavy atom. The van der Waals surface area contributed by atoms with E-state index in [0.717, 1.165) is 25.9 Å². The van der Waals surface area contributed by atoms with Crippen LogP contribution in [0.1, 0.15) is 29.6 Å². The number of carboxylic acid groups (broad SMARTS) is 1. The molecular weight excluding hydrogens is 244 g/mol. The third kappa shape index (κ3) is 4.06. The van der Waals surface area contributed by atoms with Crippen molar-refractivity contribution in [3.8, 4) is 0 Å². The minimum absolute atomic E-state index is 0.0468. The first kappa shape index (κ1) is 13.5. The van der Waals surface area contributed by atoms with Gasteiger partial charge in [-0.15, -0.1) is 0 Å². The van der Waals surface area contributed by atoms with Crippen LogP contribution in [-0.4, -0.2) is 30.1 Å². The summed E-state index contributed by atoms with van der Waals surface area (Å²) in [5.41, 5.74) is 0.721. The van der Waals surface area contributed by atoms with Gasteiger partial charge in [-0.2, -0.15) is 0 Å². The molecule has 0 radical (unpaired) electrons. The second-order valence-corrected chi connectivity index (χ2v) is 4.83. The minimum Gasteiger partial charge on any atom is -0.478 e. The highest BCUT2D eigenvalue weighted by molar-refractivity contribution is 5.93. The topological polar surface area (TPSA) is 78.4 Å². The first-order chi connectivity index (χ1) is 9.15. The van der Waals surface area contributed by atoms with Gasteiger partial charge in [-0.3, -0.25) is 4.79 Å². The van der Waals surface area contributed by atoms with Gasteiger partial charge in [0.25, 0.3) is 0 Å². The van der Waals surface area contributed by atoms with Gasteiger partial charge in [0, 0.05) is 12.1 Å². The summed E-state index contributed by atoms with van der Waals surface area (Å²) in [6.07, 6.45) is 2.53. The monoisotopic (exact) mass is 262 g/mol. The van der Waals surface area contributed by atoms with Gasteiger partial charge in [0.05, 0.1) is 5.56 Å². The van der Waals surface area contributed by atoms with Crippen LogP contribution in [0.3, 0.4) is 0 Å². The zero-order valence-electron chi connectivity index (χ0n) is 10.7. The van der Waals surface area contributed by atoms with E-state index in [0.29, 0.717) is 18.0 Å². The fourth-order valence-electron chi connectivity index (χ4n) is 2.29. The zero-order chi connectivity index (χ0) is 13.7. The molecule has 102 valence electrons. The Bertz CT molecular complexity index is 468. The summed E-state index contributed by atoms with van der Waals surface area (Å²) in [6, 6.07) is 6.31. The molecule has 0 atom stereocenters. The molecule has 1 heterocycles. The number of hydrogen-bond acceptors (Lipinski definition) is 3. The first-order valence-corrected chi connectivity index (χ1v) is 6.49. The lowest BCUT2D eigenvalue weighted by Crippen LogP contribution is -2.30. The quantitative estimate of drug-likeness (QED) is 0.772. The van der Waals surface area contributed by atoms with Crippen molar-refractivity contribution in [2.24, 2.45) is 5.92 Å². The summed E-state index contributed by atoms with van der Waals surface area (Å²) in [4.78, 5) is 22.7. The molecule has 5 heteroatoms. The predicted octanol–water partition coefficient (Wildman–Crippen LogP) is 1.71. The van der Waals surface area contributed by atoms with Crippen LogP contribution < -0.4 is 10.6 Å². The average molecular weight is 262 g/mol. The number of benzene rings is 1. The Balaban J connectivity index is 1.90. The molecule has 1 aromatic rings. The van der Waals surface area contributed by atoms with Crippen LogP contribution in [0.5, 0.6) is 0 Å². The van der Waals surface area contributed by atoms with Crippen molar-refractivity contribution in [1.82, 2.24) is 5.32 Å². The lowest BCUT2D eigenvalue weighted by Gasteiger charge is -2.21. The van der Waals surface area contributed by atoms with Gasteiger partial charge in [-0.25, -0.2) is 4.79 Å². The molecule has 1 amide bonds. The molecule has 0 bridgehead atoms. The van der Waals surface area contributed by atoms with Crippen LogP contribution in [0.4, 0.5) is 5.69 Å². The fourth-order valence-corrected chi connectivity index (χ4v) is 2.29. The normalized spacial score (nSPS) is 16.0. The summed E-state index contributed by atoms with van der Waals surface area (Å²) in [5, 5.41) is 14.9. The summed E-state index contributed by atoms with van der Waals surface area (Å²) < 4.78 is 0. The van der Waals surface area contributed by atoms with Crippen molar-refractivity contribution < 1.29 is 14.7 Å². The van der Waals surface area contributed by atoms with Crippen molar-refractivity contribution in [2.75, 3.05) is 18.4 Å². The number of hydrogen-bond donors (Lipinski definition) is 3. The van der Waals surface area contributed by atoms with E-state index in [1.54, 1.807) is 12.1 Å². The SMILES string of the molecule is O=C(CC1CCNCC1)Nc1cccc(C(=O)O)c1. The number of nitrogens with one attached hydrogen (secondary N) is 2. The molecule has 1 fully saturated rings. The van der Waals surface area contributed by atoms with Gasteiger partial charge in [0.2, 0.25) is 5.91 Å². The van der Waals surface area contributed by atoms with Crippen LogP contribution >= 0.6 is 0 Å².